The summed E-state index contributed by atoms with van der Waals surface area (Å²) in [6.45, 7) is 0. The first-order valence-corrected chi connectivity index (χ1v) is 7.79. The number of ether oxygens (including phenoxy) is 1. The van der Waals surface area contributed by atoms with E-state index in [9.17, 15) is 22.0 Å². The number of rotatable bonds is 4. The summed E-state index contributed by atoms with van der Waals surface area (Å²) >= 11 is 0.816. The molecule has 5 nitrogen and oxygen atoms in total. The minimum absolute atomic E-state index is 0.0825. The first kappa shape index (κ1) is 15.4. The molecule has 1 N–H and O–H groups in total. The van der Waals surface area contributed by atoms with E-state index in [0.29, 0.717) is 6.07 Å². The Kier molecular flexibility index (Phi) is 4.24. The molecule has 0 unspecified atom stereocenters. The Morgan fingerprint density at radius 1 is 1.24 bits per heavy atom. The molecule has 112 valence electrons. The molecule has 2 aromatic rings. The molecule has 0 bridgehead atoms. The Hall–Kier alpha value is -2.00. The Morgan fingerprint density at radius 2 is 1.95 bits per heavy atom. The quantitative estimate of drug-likeness (QED) is 0.873. The molecule has 0 aliphatic heterocycles. The molecule has 2 rings (SSSR count). The number of anilines is 1. The van der Waals surface area contributed by atoms with Crippen molar-refractivity contribution < 1.29 is 26.7 Å². The number of carbonyl (C=O) groups is 1. The van der Waals surface area contributed by atoms with E-state index in [-0.39, 0.29) is 9.88 Å². The van der Waals surface area contributed by atoms with Crippen molar-refractivity contribution in [1.29, 1.82) is 0 Å². The summed E-state index contributed by atoms with van der Waals surface area (Å²) in [5.74, 6) is -2.57. The molecular formula is C12H9F2NO4S2. The van der Waals surface area contributed by atoms with Gasteiger partial charge in [0.05, 0.1) is 7.11 Å². The maximum atomic E-state index is 13.5. The fourth-order valence-corrected chi connectivity index (χ4v) is 3.68. The number of benzene rings is 1. The van der Waals surface area contributed by atoms with Crippen LogP contribution in [0.1, 0.15) is 9.67 Å². The number of methoxy groups -OCH3 is 1. The predicted molar refractivity (Wildman–Crippen MR) is 72.8 cm³/mol. The Bertz CT molecular complexity index is 786. The molecule has 0 fully saturated rings. The normalized spacial score (nSPS) is 11.2. The van der Waals surface area contributed by atoms with Crippen LogP contribution >= 0.6 is 11.3 Å². The number of carbonyl (C=O) groups excluding carboxylic acids is 1. The second-order valence-electron chi connectivity index (χ2n) is 3.84. The molecule has 0 aliphatic rings. The van der Waals surface area contributed by atoms with Gasteiger partial charge in [-0.25, -0.2) is 22.0 Å². The van der Waals surface area contributed by atoms with Crippen molar-refractivity contribution in [2.45, 2.75) is 4.90 Å². The van der Waals surface area contributed by atoms with Crippen LogP contribution in [0.2, 0.25) is 0 Å². The van der Waals surface area contributed by atoms with Gasteiger partial charge in [0.25, 0.3) is 10.0 Å². The van der Waals surface area contributed by atoms with Gasteiger partial charge < -0.3 is 4.74 Å². The highest BCUT2D eigenvalue weighted by molar-refractivity contribution is 7.93. The van der Waals surface area contributed by atoms with E-state index in [1.165, 1.54) is 19.2 Å². The van der Waals surface area contributed by atoms with Crippen molar-refractivity contribution in [3.8, 4) is 0 Å². The van der Waals surface area contributed by atoms with E-state index < -0.39 is 32.5 Å². The van der Waals surface area contributed by atoms with Crippen LogP contribution in [0.5, 0.6) is 0 Å². The van der Waals surface area contributed by atoms with Crippen LogP contribution in [-0.2, 0) is 14.8 Å². The molecular weight excluding hydrogens is 324 g/mol. The Morgan fingerprint density at radius 3 is 2.62 bits per heavy atom. The third-order valence-electron chi connectivity index (χ3n) is 2.41. The van der Waals surface area contributed by atoms with Crippen LogP contribution in [-0.4, -0.2) is 21.5 Å². The molecule has 0 aliphatic carbocycles. The lowest BCUT2D eigenvalue weighted by atomic mass is 10.3. The fourth-order valence-electron chi connectivity index (χ4n) is 1.47. The molecule has 0 saturated carbocycles. The lowest BCUT2D eigenvalue weighted by Gasteiger charge is -2.06. The molecule has 1 aromatic heterocycles. The molecule has 1 heterocycles. The standard InChI is InChI=1S/C12H9F2NO4S2/c1-19-12(16)9-4-5-11(20-9)15-21(17,18)10-6-7(13)2-3-8(10)14/h2-6,15H,1H3. The third kappa shape index (κ3) is 3.37. The summed E-state index contributed by atoms with van der Waals surface area (Å²) in [6, 6.07) is 4.79. The topological polar surface area (TPSA) is 72.5 Å². The average molecular weight is 333 g/mol. The Balaban J connectivity index is 2.31. The van der Waals surface area contributed by atoms with Gasteiger partial charge in [-0.2, -0.15) is 0 Å². The highest BCUT2D eigenvalue weighted by Crippen LogP contribution is 2.26. The summed E-state index contributed by atoms with van der Waals surface area (Å²) in [5.41, 5.74) is 0. The van der Waals surface area contributed by atoms with Crippen molar-refractivity contribution in [3.05, 3.63) is 46.8 Å². The van der Waals surface area contributed by atoms with Gasteiger partial charge in [0, 0.05) is 0 Å². The van der Waals surface area contributed by atoms with Crippen LogP contribution in [0.4, 0.5) is 13.8 Å². The van der Waals surface area contributed by atoms with Gasteiger partial charge in [-0.15, -0.1) is 11.3 Å². The summed E-state index contributed by atoms with van der Waals surface area (Å²) < 4.78 is 57.1. The second kappa shape index (κ2) is 5.78. The number of esters is 1. The maximum Gasteiger partial charge on any atom is 0.348 e. The molecule has 21 heavy (non-hydrogen) atoms. The van der Waals surface area contributed by atoms with Crippen molar-refractivity contribution in [1.82, 2.24) is 0 Å². The molecule has 9 heteroatoms. The zero-order valence-corrected chi connectivity index (χ0v) is 12.2. The van der Waals surface area contributed by atoms with E-state index in [1.807, 2.05) is 0 Å². The molecule has 1 aromatic carbocycles. The van der Waals surface area contributed by atoms with Crippen LogP contribution < -0.4 is 4.72 Å². The molecule has 0 atom stereocenters. The highest BCUT2D eigenvalue weighted by atomic mass is 32.2. The number of halogens is 2. The number of nitrogens with one attached hydrogen (secondary N) is 1. The number of thiophene rings is 1. The van der Waals surface area contributed by atoms with E-state index in [1.54, 1.807) is 0 Å². The first-order chi connectivity index (χ1) is 9.83. The summed E-state index contributed by atoms with van der Waals surface area (Å²) in [7, 11) is -3.10. The monoisotopic (exact) mass is 333 g/mol. The Labute approximate surface area is 123 Å². The third-order valence-corrected chi connectivity index (χ3v) is 4.90. The predicted octanol–water partition coefficient (Wildman–Crippen LogP) is 2.61. The zero-order chi connectivity index (χ0) is 15.6. The second-order valence-corrected chi connectivity index (χ2v) is 6.57. The van der Waals surface area contributed by atoms with Gasteiger partial charge in [0.15, 0.2) is 0 Å². The first-order valence-electron chi connectivity index (χ1n) is 5.49. The van der Waals surface area contributed by atoms with Crippen LogP contribution in [0.15, 0.2) is 35.2 Å². The van der Waals surface area contributed by atoms with Crippen LogP contribution in [0.3, 0.4) is 0 Å². The molecule has 0 amide bonds. The highest BCUT2D eigenvalue weighted by Gasteiger charge is 2.21. The van der Waals surface area contributed by atoms with Crippen molar-refractivity contribution in [2.24, 2.45) is 0 Å². The largest absolute Gasteiger partial charge is 0.465 e. The summed E-state index contributed by atoms with van der Waals surface area (Å²) in [6.07, 6.45) is 0. The maximum absolute atomic E-state index is 13.5. The number of hydrogen-bond donors (Lipinski definition) is 1. The molecule has 0 saturated heterocycles. The molecule has 0 spiro atoms. The fraction of sp³-hybridized carbons (Fsp3) is 0.0833. The average Bonchev–Trinajstić information content (AvgIpc) is 2.88. The minimum Gasteiger partial charge on any atom is -0.465 e. The van der Waals surface area contributed by atoms with Gasteiger partial charge in [-0.05, 0) is 30.3 Å². The SMILES string of the molecule is COC(=O)c1ccc(NS(=O)(=O)c2cc(F)ccc2F)s1. The van der Waals surface area contributed by atoms with E-state index in [4.69, 9.17) is 0 Å². The lowest BCUT2D eigenvalue weighted by molar-refractivity contribution is 0.0606. The van der Waals surface area contributed by atoms with Gasteiger partial charge >= 0.3 is 5.97 Å². The van der Waals surface area contributed by atoms with Gasteiger partial charge in [-0.1, -0.05) is 0 Å². The van der Waals surface area contributed by atoms with Gasteiger partial charge in [0.2, 0.25) is 0 Å². The molecule has 0 radical (unpaired) electrons. The van der Waals surface area contributed by atoms with Gasteiger partial charge in [0.1, 0.15) is 26.4 Å². The summed E-state index contributed by atoms with van der Waals surface area (Å²) in [4.78, 5) is 10.6. The minimum atomic E-state index is -4.29. The van der Waals surface area contributed by atoms with Gasteiger partial charge in [-0.3, -0.25) is 4.72 Å². The van der Waals surface area contributed by atoms with E-state index >= 15 is 0 Å². The van der Waals surface area contributed by atoms with Crippen molar-refractivity contribution in [2.75, 3.05) is 11.8 Å². The smallest absolute Gasteiger partial charge is 0.348 e. The number of hydrogen-bond acceptors (Lipinski definition) is 5. The van der Waals surface area contributed by atoms with Crippen molar-refractivity contribution >= 4 is 32.3 Å². The number of sulfonamides is 1. The summed E-state index contributed by atoms with van der Waals surface area (Å²) in [5, 5.41) is 0.0825. The van der Waals surface area contributed by atoms with Crippen LogP contribution in [0, 0.1) is 11.6 Å². The lowest BCUT2D eigenvalue weighted by Crippen LogP contribution is -2.14. The van der Waals surface area contributed by atoms with E-state index in [0.717, 1.165) is 23.5 Å². The van der Waals surface area contributed by atoms with Crippen LogP contribution in [0.25, 0.3) is 0 Å². The van der Waals surface area contributed by atoms with E-state index in [2.05, 4.69) is 9.46 Å². The zero-order valence-electron chi connectivity index (χ0n) is 10.6. The van der Waals surface area contributed by atoms with Crippen molar-refractivity contribution in [3.63, 3.8) is 0 Å².